The minimum Gasteiger partial charge on any atom is -0.303 e. The second kappa shape index (κ2) is 8.87. The molecule has 0 bridgehead atoms. The standard InChI is InChI=1S/C22H38N4O/c1-22(2,3)20-8-9-21(27)26(23-20)17-18-10-14-25(15-11-18)16-12-19-7-5-6-13-24(19)4/h8-9,18-19H,5-7,10-17H2,1-4H3. The van der Waals surface area contributed by atoms with Gasteiger partial charge in [0.15, 0.2) is 0 Å². The molecule has 0 N–H and O–H groups in total. The van der Waals surface area contributed by atoms with Gasteiger partial charge in [-0.15, -0.1) is 0 Å². The van der Waals surface area contributed by atoms with Crippen LogP contribution in [0.1, 0.15) is 65.0 Å². The Balaban J connectivity index is 1.48. The fourth-order valence-corrected chi connectivity index (χ4v) is 4.46. The van der Waals surface area contributed by atoms with Crippen LogP contribution >= 0.6 is 0 Å². The first-order chi connectivity index (χ1) is 12.8. The summed E-state index contributed by atoms with van der Waals surface area (Å²) in [5.74, 6) is 0.569. The molecule has 2 aliphatic heterocycles. The van der Waals surface area contributed by atoms with Crippen LogP contribution in [0, 0.1) is 5.92 Å². The van der Waals surface area contributed by atoms with Gasteiger partial charge in [0, 0.05) is 24.1 Å². The average molecular weight is 375 g/mol. The van der Waals surface area contributed by atoms with Crippen LogP contribution in [-0.2, 0) is 12.0 Å². The zero-order valence-corrected chi connectivity index (χ0v) is 17.8. The quantitative estimate of drug-likeness (QED) is 0.794. The minimum atomic E-state index is -0.0227. The lowest BCUT2D eigenvalue weighted by atomic mass is 9.92. The fraction of sp³-hybridized carbons (Fsp3) is 0.818. The molecule has 0 amide bonds. The molecule has 1 atom stereocenters. The van der Waals surface area contributed by atoms with Crippen LogP contribution in [0.5, 0.6) is 0 Å². The highest BCUT2D eigenvalue weighted by molar-refractivity contribution is 5.10. The lowest BCUT2D eigenvalue weighted by Crippen LogP contribution is -2.41. The molecule has 0 spiro atoms. The van der Waals surface area contributed by atoms with Crippen molar-refractivity contribution < 1.29 is 0 Å². The third-order valence-corrected chi connectivity index (χ3v) is 6.47. The molecule has 5 heteroatoms. The SMILES string of the molecule is CN1CCCCC1CCN1CCC(Cn2nc(C(C)(C)C)ccc2=O)CC1. The van der Waals surface area contributed by atoms with Crippen molar-refractivity contribution in [2.75, 3.05) is 33.2 Å². The second-order valence-electron chi connectivity index (χ2n) is 9.69. The molecular formula is C22H38N4O. The van der Waals surface area contributed by atoms with E-state index >= 15 is 0 Å². The third kappa shape index (κ3) is 5.64. The van der Waals surface area contributed by atoms with Gasteiger partial charge in [-0.1, -0.05) is 27.2 Å². The molecule has 5 nitrogen and oxygen atoms in total. The van der Waals surface area contributed by atoms with Crippen molar-refractivity contribution >= 4 is 0 Å². The van der Waals surface area contributed by atoms with Crippen LogP contribution in [-0.4, -0.2) is 58.8 Å². The Labute approximate surface area is 164 Å². The summed E-state index contributed by atoms with van der Waals surface area (Å²) in [6, 6.07) is 4.34. The van der Waals surface area contributed by atoms with Crippen molar-refractivity contribution in [2.45, 2.75) is 77.3 Å². The van der Waals surface area contributed by atoms with Crippen molar-refractivity contribution in [1.82, 2.24) is 19.6 Å². The summed E-state index contributed by atoms with van der Waals surface area (Å²) in [5, 5.41) is 4.65. The highest BCUT2D eigenvalue weighted by Gasteiger charge is 2.24. The third-order valence-electron chi connectivity index (χ3n) is 6.47. The Hall–Kier alpha value is -1.20. The van der Waals surface area contributed by atoms with Gasteiger partial charge in [-0.25, -0.2) is 4.68 Å². The first-order valence-corrected chi connectivity index (χ1v) is 10.8. The van der Waals surface area contributed by atoms with E-state index in [1.165, 1.54) is 51.6 Å². The summed E-state index contributed by atoms with van der Waals surface area (Å²) in [4.78, 5) is 17.4. The molecule has 1 aromatic rings. The Morgan fingerprint density at radius 1 is 1.07 bits per heavy atom. The number of rotatable bonds is 5. The first kappa shape index (κ1) is 20.5. The van der Waals surface area contributed by atoms with Crippen LogP contribution in [0.4, 0.5) is 0 Å². The van der Waals surface area contributed by atoms with Crippen molar-refractivity contribution in [1.29, 1.82) is 0 Å². The lowest BCUT2D eigenvalue weighted by molar-refractivity contribution is 0.128. The summed E-state index contributed by atoms with van der Waals surface area (Å²) in [7, 11) is 2.28. The summed E-state index contributed by atoms with van der Waals surface area (Å²) >= 11 is 0. The maximum absolute atomic E-state index is 12.2. The van der Waals surface area contributed by atoms with Crippen LogP contribution in [0.15, 0.2) is 16.9 Å². The highest BCUT2D eigenvalue weighted by Crippen LogP contribution is 2.22. The van der Waals surface area contributed by atoms with Gasteiger partial charge in [-0.3, -0.25) is 4.79 Å². The van der Waals surface area contributed by atoms with E-state index in [1.807, 2.05) is 6.07 Å². The van der Waals surface area contributed by atoms with E-state index in [0.29, 0.717) is 5.92 Å². The minimum absolute atomic E-state index is 0.0227. The maximum Gasteiger partial charge on any atom is 0.266 e. The molecule has 2 fully saturated rings. The van der Waals surface area contributed by atoms with E-state index in [9.17, 15) is 4.79 Å². The topological polar surface area (TPSA) is 41.4 Å². The predicted octanol–water partition coefficient (Wildman–Crippen LogP) is 3.13. The second-order valence-corrected chi connectivity index (χ2v) is 9.69. The smallest absolute Gasteiger partial charge is 0.266 e. The molecule has 3 heterocycles. The molecule has 0 aromatic carbocycles. The molecule has 3 rings (SSSR count). The van der Waals surface area contributed by atoms with Crippen molar-refractivity contribution in [3.05, 3.63) is 28.2 Å². The maximum atomic E-state index is 12.2. The number of piperidine rings is 2. The summed E-state index contributed by atoms with van der Waals surface area (Å²) in [6.07, 6.45) is 7.78. The Morgan fingerprint density at radius 2 is 1.81 bits per heavy atom. The van der Waals surface area contributed by atoms with E-state index in [1.54, 1.807) is 10.7 Å². The van der Waals surface area contributed by atoms with Gasteiger partial charge in [-0.2, -0.15) is 5.10 Å². The molecule has 1 aromatic heterocycles. The molecular weight excluding hydrogens is 336 g/mol. The van der Waals surface area contributed by atoms with Crippen molar-refractivity contribution in [3.8, 4) is 0 Å². The average Bonchev–Trinajstić information content (AvgIpc) is 2.63. The predicted molar refractivity (Wildman–Crippen MR) is 111 cm³/mol. The molecule has 2 saturated heterocycles. The normalized spacial score (nSPS) is 23.6. The summed E-state index contributed by atoms with van der Waals surface area (Å²) in [6.45, 7) is 12.0. The van der Waals surface area contributed by atoms with E-state index < -0.39 is 0 Å². The molecule has 0 radical (unpaired) electrons. The molecule has 152 valence electrons. The molecule has 0 aliphatic carbocycles. The van der Waals surface area contributed by atoms with E-state index in [0.717, 1.165) is 31.4 Å². The van der Waals surface area contributed by atoms with Gasteiger partial charge in [-0.05, 0) is 77.3 Å². The van der Waals surface area contributed by atoms with Crippen LogP contribution in [0.2, 0.25) is 0 Å². The molecule has 0 saturated carbocycles. The number of hydrogen-bond acceptors (Lipinski definition) is 4. The van der Waals surface area contributed by atoms with Gasteiger partial charge in [0.2, 0.25) is 0 Å². The van der Waals surface area contributed by atoms with Gasteiger partial charge in [0.1, 0.15) is 0 Å². The van der Waals surface area contributed by atoms with E-state index in [2.05, 4.69) is 42.7 Å². The largest absolute Gasteiger partial charge is 0.303 e. The van der Waals surface area contributed by atoms with Crippen LogP contribution in [0.25, 0.3) is 0 Å². The van der Waals surface area contributed by atoms with Gasteiger partial charge >= 0.3 is 0 Å². The molecule has 27 heavy (non-hydrogen) atoms. The number of hydrogen-bond donors (Lipinski definition) is 0. The van der Waals surface area contributed by atoms with Crippen molar-refractivity contribution in [3.63, 3.8) is 0 Å². The summed E-state index contributed by atoms with van der Waals surface area (Å²) < 4.78 is 1.71. The van der Waals surface area contributed by atoms with Gasteiger partial charge in [0.25, 0.3) is 5.56 Å². The number of aromatic nitrogens is 2. The van der Waals surface area contributed by atoms with E-state index in [4.69, 9.17) is 0 Å². The first-order valence-electron chi connectivity index (χ1n) is 10.8. The van der Waals surface area contributed by atoms with Crippen LogP contribution in [0.3, 0.4) is 0 Å². The Kier molecular flexibility index (Phi) is 6.74. The number of nitrogens with zero attached hydrogens (tertiary/aromatic N) is 4. The Morgan fingerprint density at radius 3 is 2.48 bits per heavy atom. The van der Waals surface area contributed by atoms with Crippen molar-refractivity contribution in [2.24, 2.45) is 5.92 Å². The fourth-order valence-electron chi connectivity index (χ4n) is 4.46. The summed E-state index contributed by atoms with van der Waals surface area (Å²) in [5.41, 5.74) is 1.01. The van der Waals surface area contributed by atoms with E-state index in [-0.39, 0.29) is 11.0 Å². The monoisotopic (exact) mass is 374 g/mol. The zero-order chi connectivity index (χ0) is 19.4. The van der Waals surface area contributed by atoms with Crippen LogP contribution < -0.4 is 5.56 Å². The Bertz CT molecular complexity index is 655. The van der Waals surface area contributed by atoms with Gasteiger partial charge in [0.05, 0.1) is 5.69 Å². The van der Waals surface area contributed by atoms with Gasteiger partial charge < -0.3 is 9.80 Å². The zero-order valence-electron chi connectivity index (χ0n) is 17.8. The highest BCUT2D eigenvalue weighted by atomic mass is 16.1. The molecule has 1 unspecified atom stereocenters. The number of likely N-dealkylation sites (tertiary alicyclic amines) is 2. The molecule has 2 aliphatic rings. The lowest BCUT2D eigenvalue weighted by Gasteiger charge is -2.36.